The van der Waals surface area contributed by atoms with Crippen molar-refractivity contribution >= 4 is 22.7 Å². The second-order valence-electron chi connectivity index (χ2n) is 3.82. The molecule has 0 bridgehead atoms. The predicted molar refractivity (Wildman–Crippen MR) is 68.6 cm³/mol. The van der Waals surface area contributed by atoms with Gasteiger partial charge in [0, 0.05) is 12.4 Å². The molecule has 0 radical (unpaired) electrons. The van der Waals surface area contributed by atoms with E-state index in [0.29, 0.717) is 0 Å². The summed E-state index contributed by atoms with van der Waals surface area (Å²) in [5.41, 5.74) is -0.436. The first-order valence-corrected chi connectivity index (χ1v) is 6.66. The van der Waals surface area contributed by atoms with Gasteiger partial charge in [-0.15, -0.1) is 0 Å². The van der Waals surface area contributed by atoms with Crippen LogP contribution in [0.4, 0.5) is 14.5 Å². The highest BCUT2D eigenvalue weighted by Crippen LogP contribution is 2.18. The minimum atomic E-state index is -2.73. The van der Waals surface area contributed by atoms with Crippen LogP contribution in [-0.2, 0) is 11.1 Å². The summed E-state index contributed by atoms with van der Waals surface area (Å²) in [6, 6.07) is 5.00. The number of carbonyl (C=O) groups excluding carboxylic acids is 1. The van der Waals surface area contributed by atoms with Crippen LogP contribution < -0.4 is 5.32 Å². The van der Waals surface area contributed by atoms with Crippen LogP contribution in [0.15, 0.2) is 41.7 Å². The van der Waals surface area contributed by atoms with Crippen molar-refractivity contribution < 1.29 is 22.3 Å². The molecule has 110 valence electrons. The van der Waals surface area contributed by atoms with E-state index < -0.39 is 29.1 Å². The number of alkyl halides is 2. The highest BCUT2D eigenvalue weighted by molar-refractivity contribution is 7.79. The van der Waals surface area contributed by atoms with Gasteiger partial charge in [-0.25, -0.2) is 13.8 Å². The largest absolute Gasteiger partial charge is 0.767 e. The lowest BCUT2D eigenvalue weighted by Crippen LogP contribution is -2.14. The van der Waals surface area contributed by atoms with Gasteiger partial charge < -0.3 is 9.87 Å². The lowest BCUT2D eigenvalue weighted by Gasteiger charge is -2.11. The molecular formula is C12H8F2N3O3S-. The Morgan fingerprint density at radius 2 is 2.05 bits per heavy atom. The molecule has 0 spiro atoms. The number of pyridine rings is 2. The van der Waals surface area contributed by atoms with Gasteiger partial charge in [-0.05, 0) is 35.3 Å². The third-order valence-electron chi connectivity index (χ3n) is 2.45. The van der Waals surface area contributed by atoms with Gasteiger partial charge in [-0.2, -0.15) is 0 Å². The van der Waals surface area contributed by atoms with Crippen LogP contribution in [-0.4, -0.2) is 24.6 Å². The molecule has 2 heterocycles. The molecule has 1 amide bonds. The molecule has 0 aliphatic heterocycles. The Hall–Kier alpha value is -2.26. The van der Waals surface area contributed by atoms with Crippen LogP contribution in [0.25, 0.3) is 0 Å². The standard InChI is InChI=1S/C12H9F2N3O3S/c13-10(14)8-4-3-7(6-16-8)11(18)17-9-2-1-5-15-12(9)21(19)20/h1-6,10H,(H,17,18)(H,19,20)/p-1. The Kier molecular flexibility index (Phi) is 4.66. The Morgan fingerprint density at radius 1 is 1.29 bits per heavy atom. The highest BCUT2D eigenvalue weighted by Gasteiger charge is 2.13. The number of amides is 1. The van der Waals surface area contributed by atoms with Crippen molar-refractivity contribution in [1.82, 2.24) is 9.97 Å². The lowest BCUT2D eigenvalue weighted by molar-refractivity contribution is 0.102. The van der Waals surface area contributed by atoms with E-state index in [-0.39, 0.29) is 16.3 Å². The number of nitrogens with one attached hydrogen (secondary N) is 1. The Labute approximate surface area is 120 Å². The van der Waals surface area contributed by atoms with E-state index in [1.165, 1.54) is 24.4 Å². The van der Waals surface area contributed by atoms with Crippen molar-refractivity contribution in [3.8, 4) is 0 Å². The van der Waals surface area contributed by atoms with Gasteiger partial charge in [0.25, 0.3) is 12.3 Å². The van der Waals surface area contributed by atoms with E-state index in [2.05, 4.69) is 15.3 Å². The summed E-state index contributed by atoms with van der Waals surface area (Å²) in [5, 5.41) is 2.02. The summed E-state index contributed by atoms with van der Waals surface area (Å²) in [4.78, 5) is 19.0. The van der Waals surface area contributed by atoms with E-state index in [9.17, 15) is 22.3 Å². The van der Waals surface area contributed by atoms with Gasteiger partial charge >= 0.3 is 0 Å². The van der Waals surface area contributed by atoms with E-state index in [1.54, 1.807) is 0 Å². The SMILES string of the molecule is O=C(Nc1cccnc1S(=O)[O-])c1ccc(C(F)F)nc1. The van der Waals surface area contributed by atoms with E-state index in [0.717, 1.165) is 12.3 Å². The molecule has 0 aliphatic carbocycles. The number of halogens is 2. The second kappa shape index (κ2) is 6.46. The predicted octanol–water partition coefficient (Wildman–Crippen LogP) is 1.90. The summed E-state index contributed by atoms with van der Waals surface area (Å²) < 4.78 is 46.6. The van der Waals surface area contributed by atoms with Gasteiger partial charge in [-0.1, -0.05) is 0 Å². The zero-order valence-corrected chi connectivity index (χ0v) is 11.1. The fourth-order valence-electron chi connectivity index (χ4n) is 1.48. The van der Waals surface area contributed by atoms with Gasteiger partial charge in [0.2, 0.25) is 0 Å². The number of hydrogen-bond acceptors (Lipinski definition) is 5. The van der Waals surface area contributed by atoms with Crippen LogP contribution in [0.5, 0.6) is 0 Å². The molecule has 21 heavy (non-hydrogen) atoms. The molecular weight excluding hydrogens is 304 g/mol. The molecule has 0 saturated carbocycles. The molecule has 6 nitrogen and oxygen atoms in total. The van der Waals surface area contributed by atoms with Crippen molar-refractivity contribution in [2.24, 2.45) is 0 Å². The normalized spacial score (nSPS) is 12.2. The van der Waals surface area contributed by atoms with Gasteiger partial charge in [-0.3, -0.25) is 14.0 Å². The van der Waals surface area contributed by atoms with E-state index in [4.69, 9.17) is 0 Å². The van der Waals surface area contributed by atoms with Crippen molar-refractivity contribution in [2.45, 2.75) is 11.5 Å². The number of aromatic nitrogens is 2. The van der Waals surface area contributed by atoms with Gasteiger partial charge in [0.15, 0.2) is 0 Å². The molecule has 0 aromatic carbocycles. The number of hydrogen-bond donors (Lipinski definition) is 1. The molecule has 2 rings (SSSR count). The monoisotopic (exact) mass is 312 g/mol. The minimum Gasteiger partial charge on any atom is -0.767 e. The lowest BCUT2D eigenvalue weighted by atomic mass is 10.2. The summed E-state index contributed by atoms with van der Waals surface area (Å²) >= 11 is -2.61. The highest BCUT2D eigenvalue weighted by atomic mass is 32.2. The molecule has 2 aromatic heterocycles. The van der Waals surface area contributed by atoms with Crippen LogP contribution in [0.3, 0.4) is 0 Å². The van der Waals surface area contributed by atoms with Crippen LogP contribution in [0.1, 0.15) is 22.5 Å². The third kappa shape index (κ3) is 3.64. The maximum absolute atomic E-state index is 12.3. The second-order valence-corrected chi connectivity index (χ2v) is 4.67. The van der Waals surface area contributed by atoms with Crippen molar-refractivity contribution in [3.63, 3.8) is 0 Å². The van der Waals surface area contributed by atoms with Crippen molar-refractivity contribution in [3.05, 3.63) is 47.9 Å². The number of rotatable bonds is 4. The Morgan fingerprint density at radius 3 is 2.62 bits per heavy atom. The Balaban J connectivity index is 2.20. The summed E-state index contributed by atoms with van der Waals surface area (Å²) in [5.74, 6) is -0.678. The first kappa shape index (κ1) is 15.1. The first-order valence-electron chi connectivity index (χ1n) is 5.59. The molecule has 0 aliphatic rings. The average Bonchev–Trinajstić information content (AvgIpc) is 2.47. The molecule has 1 N–H and O–H groups in total. The molecule has 0 saturated heterocycles. The maximum atomic E-state index is 12.3. The third-order valence-corrected chi connectivity index (χ3v) is 3.09. The fourth-order valence-corrected chi connectivity index (χ4v) is 1.93. The topological polar surface area (TPSA) is 95.0 Å². The van der Waals surface area contributed by atoms with Gasteiger partial charge in [0.05, 0.1) is 11.3 Å². The smallest absolute Gasteiger partial charge is 0.280 e. The first-order chi connectivity index (χ1) is 9.99. The molecule has 1 unspecified atom stereocenters. The molecule has 0 fully saturated rings. The average molecular weight is 312 g/mol. The maximum Gasteiger partial charge on any atom is 0.280 e. The van der Waals surface area contributed by atoms with Gasteiger partial charge in [0.1, 0.15) is 10.7 Å². The number of carbonyl (C=O) groups is 1. The van der Waals surface area contributed by atoms with E-state index in [1.807, 2.05) is 0 Å². The minimum absolute atomic E-state index is 0.00577. The van der Waals surface area contributed by atoms with Crippen LogP contribution in [0, 0.1) is 0 Å². The zero-order chi connectivity index (χ0) is 15.4. The van der Waals surface area contributed by atoms with E-state index >= 15 is 0 Å². The van der Waals surface area contributed by atoms with Crippen molar-refractivity contribution in [2.75, 3.05) is 5.32 Å². The van der Waals surface area contributed by atoms with Crippen molar-refractivity contribution in [1.29, 1.82) is 0 Å². The van der Waals surface area contributed by atoms with Crippen LogP contribution >= 0.6 is 0 Å². The summed E-state index contributed by atoms with van der Waals surface area (Å²) in [6.45, 7) is 0. The number of nitrogens with zero attached hydrogens (tertiary/aromatic N) is 2. The number of anilines is 1. The summed E-state index contributed by atoms with van der Waals surface area (Å²) in [7, 11) is 0. The quantitative estimate of drug-likeness (QED) is 0.870. The zero-order valence-electron chi connectivity index (χ0n) is 10.3. The van der Waals surface area contributed by atoms with Crippen LogP contribution in [0.2, 0.25) is 0 Å². The molecule has 2 aromatic rings. The fraction of sp³-hybridized carbons (Fsp3) is 0.0833. The summed E-state index contributed by atoms with van der Waals surface area (Å²) in [6.07, 6.45) is -0.476. The molecule has 9 heteroatoms. The Bertz CT molecular complexity index is 680. The molecule has 1 atom stereocenters.